The van der Waals surface area contributed by atoms with Gasteiger partial charge in [0.1, 0.15) is 0 Å². The van der Waals surface area contributed by atoms with Crippen molar-refractivity contribution in [2.45, 2.75) is 38.7 Å². The van der Waals surface area contributed by atoms with E-state index in [1.807, 2.05) is 0 Å². The molecule has 0 radical (unpaired) electrons. The quantitative estimate of drug-likeness (QED) is 0.719. The summed E-state index contributed by atoms with van der Waals surface area (Å²) in [5.41, 5.74) is 0.222. The lowest BCUT2D eigenvalue weighted by molar-refractivity contribution is -0.143. The molecule has 0 aromatic heterocycles. The number of ether oxygens (including phenoxy) is 1. The first-order valence-electron chi connectivity index (χ1n) is 4.41. The van der Waals surface area contributed by atoms with Gasteiger partial charge in [-0.15, -0.1) is 0 Å². The van der Waals surface area contributed by atoms with Crippen LogP contribution in [0.15, 0.2) is 0 Å². The maximum atomic E-state index is 9.64. The van der Waals surface area contributed by atoms with Crippen LogP contribution in [0, 0.1) is 0 Å². The molecule has 0 unspecified atom stereocenters. The van der Waals surface area contributed by atoms with Crippen molar-refractivity contribution in [1.29, 1.82) is 0 Å². The molecular weight excluding hydrogens is 188 g/mol. The topological polar surface area (TPSA) is 83.8 Å². The third kappa shape index (κ3) is 7.54. The van der Waals surface area contributed by atoms with Crippen molar-refractivity contribution in [2.24, 2.45) is 0 Å². The fourth-order valence-electron chi connectivity index (χ4n) is 0.724. The zero-order chi connectivity index (χ0) is 11.2. The summed E-state index contributed by atoms with van der Waals surface area (Å²) in [6.45, 7) is 5.18. The van der Waals surface area contributed by atoms with Gasteiger partial charge in [-0.25, -0.2) is 0 Å². The van der Waals surface area contributed by atoms with Crippen molar-refractivity contribution in [3.8, 4) is 0 Å². The van der Waals surface area contributed by atoms with Crippen molar-refractivity contribution >= 4 is 11.9 Å². The summed E-state index contributed by atoms with van der Waals surface area (Å²) in [6.07, 6.45) is 0.637. The Labute approximate surface area is 82.7 Å². The van der Waals surface area contributed by atoms with Crippen LogP contribution in [0.3, 0.4) is 0 Å². The van der Waals surface area contributed by atoms with Crippen molar-refractivity contribution < 1.29 is 24.5 Å². The SMILES string of the molecule is CC1(C)CCO1.O=C(O)CCC(=O)O. The monoisotopic (exact) mass is 204 g/mol. The van der Waals surface area contributed by atoms with Gasteiger partial charge in [0.2, 0.25) is 0 Å². The number of carbonyl (C=O) groups is 2. The molecule has 1 aliphatic heterocycles. The molecule has 1 rings (SSSR count). The fraction of sp³-hybridized carbons (Fsp3) is 0.778. The first kappa shape index (κ1) is 12.9. The molecule has 0 bridgehead atoms. The van der Waals surface area contributed by atoms with Gasteiger partial charge in [0, 0.05) is 0 Å². The van der Waals surface area contributed by atoms with Gasteiger partial charge in [-0.05, 0) is 20.3 Å². The van der Waals surface area contributed by atoms with E-state index in [9.17, 15) is 9.59 Å². The van der Waals surface area contributed by atoms with E-state index < -0.39 is 11.9 Å². The van der Waals surface area contributed by atoms with Gasteiger partial charge >= 0.3 is 11.9 Å². The lowest BCUT2D eigenvalue weighted by Crippen LogP contribution is -2.36. The molecule has 0 amide bonds. The van der Waals surface area contributed by atoms with Gasteiger partial charge in [-0.3, -0.25) is 9.59 Å². The highest BCUT2D eigenvalue weighted by atomic mass is 16.5. The minimum atomic E-state index is -1.08. The van der Waals surface area contributed by atoms with Gasteiger partial charge < -0.3 is 14.9 Å². The Bertz CT molecular complexity index is 189. The molecule has 0 aromatic carbocycles. The normalized spacial score (nSPS) is 17.3. The van der Waals surface area contributed by atoms with Crippen LogP contribution in [0.4, 0.5) is 0 Å². The van der Waals surface area contributed by atoms with Crippen LogP contribution in [0.5, 0.6) is 0 Å². The van der Waals surface area contributed by atoms with Crippen LogP contribution >= 0.6 is 0 Å². The van der Waals surface area contributed by atoms with Crippen LogP contribution < -0.4 is 0 Å². The lowest BCUT2D eigenvalue weighted by Gasteiger charge is -2.34. The molecule has 0 atom stereocenters. The Hall–Kier alpha value is -1.10. The van der Waals surface area contributed by atoms with E-state index in [-0.39, 0.29) is 18.4 Å². The largest absolute Gasteiger partial charge is 0.481 e. The predicted octanol–water partition coefficient (Wildman–Crippen LogP) is 1.12. The van der Waals surface area contributed by atoms with Crippen molar-refractivity contribution in [3.63, 3.8) is 0 Å². The van der Waals surface area contributed by atoms with Crippen molar-refractivity contribution in [3.05, 3.63) is 0 Å². The molecule has 1 aliphatic rings. The van der Waals surface area contributed by atoms with Gasteiger partial charge in [0.25, 0.3) is 0 Å². The first-order valence-corrected chi connectivity index (χ1v) is 4.41. The van der Waals surface area contributed by atoms with Crippen LogP contribution in [0.25, 0.3) is 0 Å². The second-order valence-electron chi connectivity index (χ2n) is 3.65. The Kier molecular flexibility index (Phi) is 5.15. The average Bonchev–Trinajstić information content (AvgIpc) is 1.99. The number of hydrogen-bond donors (Lipinski definition) is 2. The van der Waals surface area contributed by atoms with E-state index in [4.69, 9.17) is 14.9 Å². The van der Waals surface area contributed by atoms with Gasteiger partial charge in [-0.2, -0.15) is 0 Å². The highest BCUT2D eigenvalue weighted by molar-refractivity contribution is 5.75. The molecule has 82 valence electrons. The molecule has 5 nitrogen and oxygen atoms in total. The second-order valence-corrected chi connectivity index (χ2v) is 3.65. The molecule has 1 heterocycles. The molecule has 0 saturated carbocycles. The molecule has 0 aliphatic carbocycles. The maximum absolute atomic E-state index is 9.64. The maximum Gasteiger partial charge on any atom is 0.303 e. The molecule has 0 spiro atoms. The van der Waals surface area contributed by atoms with E-state index in [1.165, 1.54) is 6.42 Å². The molecule has 0 aromatic rings. The third-order valence-electron chi connectivity index (χ3n) is 1.75. The molecular formula is C9H16O5. The zero-order valence-electron chi connectivity index (χ0n) is 8.45. The Morgan fingerprint density at radius 3 is 1.57 bits per heavy atom. The van der Waals surface area contributed by atoms with Crippen LogP contribution in [-0.2, 0) is 14.3 Å². The van der Waals surface area contributed by atoms with E-state index in [2.05, 4.69) is 13.8 Å². The summed E-state index contributed by atoms with van der Waals surface area (Å²) >= 11 is 0. The Morgan fingerprint density at radius 1 is 1.21 bits per heavy atom. The molecule has 1 saturated heterocycles. The molecule has 5 heteroatoms. The number of aliphatic carboxylic acids is 2. The summed E-state index contributed by atoms with van der Waals surface area (Å²) in [4.78, 5) is 19.3. The number of carboxylic acids is 2. The van der Waals surface area contributed by atoms with E-state index in [0.717, 1.165) is 6.61 Å². The molecule has 14 heavy (non-hydrogen) atoms. The minimum absolute atomic E-state index is 0.222. The smallest absolute Gasteiger partial charge is 0.303 e. The summed E-state index contributed by atoms with van der Waals surface area (Å²) in [5.74, 6) is -2.15. The number of hydrogen-bond acceptors (Lipinski definition) is 3. The van der Waals surface area contributed by atoms with E-state index >= 15 is 0 Å². The molecule has 2 N–H and O–H groups in total. The van der Waals surface area contributed by atoms with Crippen molar-refractivity contribution in [2.75, 3.05) is 6.61 Å². The summed E-state index contributed by atoms with van der Waals surface area (Å²) in [6, 6.07) is 0. The third-order valence-corrected chi connectivity index (χ3v) is 1.75. The summed E-state index contributed by atoms with van der Waals surface area (Å²) in [5, 5.41) is 15.8. The summed E-state index contributed by atoms with van der Waals surface area (Å²) < 4.78 is 5.12. The number of carboxylic acid groups (broad SMARTS) is 2. The predicted molar refractivity (Wildman–Crippen MR) is 49.2 cm³/mol. The van der Waals surface area contributed by atoms with E-state index in [0.29, 0.717) is 0 Å². The van der Waals surface area contributed by atoms with Crippen LogP contribution in [-0.4, -0.2) is 34.4 Å². The Morgan fingerprint density at radius 2 is 1.50 bits per heavy atom. The second kappa shape index (κ2) is 5.59. The standard InChI is InChI=1S/C5H10O.C4H6O4/c1-5(2)3-4-6-5;5-3(6)1-2-4(7)8/h3-4H2,1-2H3;1-2H2,(H,5,6)(H,7,8). The Balaban J connectivity index is 0.000000249. The zero-order valence-corrected chi connectivity index (χ0v) is 8.45. The molecule has 1 fully saturated rings. The highest BCUT2D eigenvalue weighted by Crippen LogP contribution is 2.23. The van der Waals surface area contributed by atoms with E-state index in [1.54, 1.807) is 0 Å². The first-order chi connectivity index (χ1) is 6.33. The van der Waals surface area contributed by atoms with Gasteiger partial charge in [0.05, 0.1) is 25.0 Å². The summed E-state index contributed by atoms with van der Waals surface area (Å²) in [7, 11) is 0. The average molecular weight is 204 g/mol. The van der Waals surface area contributed by atoms with Crippen LogP contribution in [0.1, 0.15) is 33.1 Å². The van der Waals surface area contributed by atoms with Crippen LogP contribution in [0.2, 0.25) is 0 Å². The number of rotatable bonds is 3. The fourth-order valence-corrected chi connectivity index (χ4v) is 0.724. The minimum Gasteiger partial charge on any atom is -0.481 e. The highest BCUT2D eigenvalue weighted by Gasteiger charge is 2.26. The van der Waals surface area contributed by atoms with Crippen molar-refractivity contribution in [1.82, 2.24) is 0 Å². The van der Waals surface area contributed by atoms with Gasteiger partial charge in [0.15, 0.2) is 0 Å². The van der Waals surface area contributed by atoms with Gasteiger partial charge in [-0.1, -0.05) is 0 Å². The lowest BCUT2D eigenvalue weighted by atomic mass is 10.0.